The van der Waals surface area contributed by atoms with Gasteiger partial charge in [0.05, 0.1) is 5.56 Å². The number of benzene rings is 1. The van der Waals surface area contributed by atoms with Crippen molar-refractivity contribution in [3.63, 3.8) is 0 Å². The summed E-state index contributed by atoms with van der Waals surface area (Å²) >= 11 is 1.44. The lowest BCUT2D eigenvalue weighted by Crippen LogP contribution is -1.96. The van der Waals surface area contributed by atoms with E-state index in [1.807, 2.05) is 0 Å². The number of nitrogens with two attached hydrogens (primary N) is 1. The Hall–Kier alpha value is -1.88. The third kappa shape index (κ3) is 2.38. The topological polar surface area (TPSA) is 76.2 Å². The van der Waals surface area contributed by atoms with Gasteiger partial charge in [0, 0.05) is 17.5 Å². The molecule has 0 aliphatic heterocycles. The summed E-state index contributed by atoms with van der Waals surface area (Å²) in [7, 11) is 0. The van der Waals surface area contributed by atoms with E-state index in [0.717, 1.165) is 16.9 Å². The molecule has 2 rings (SSSR count). The summed E-state index contributed by atoms with van der Waals surface area (Å²) in [5.41, 5.74) is 6.87. The van der Waals surface area contributed by atoms with Gasteiger partial charge in [0.25, 0.3) is 0 Å². The number of aromatic nitrogens is 1. The van der Waals surface area contributed by atoms with Crippen molar-refractivity contribution in [3.8, 4) is 0 Å². The zero-order valence-corrected chi connectivity index (χ0v) is 9.20. The zero-order valence-electron chi connectivity index (χ0n) is 8.38. The van der Waals surface area contributed by atoms with E-state index >= 15 is 0 Å². The number of carboxylic acids is 1. The maximum Gasteiger partial charge on any atom is 0.335 e. The molecule has 0 spiro atoms. The lowest BCUT2D eigenvalue weighted by atomic mass is 10.1. The number of carbonyl (C=O) groups is 1. The second kappa shape index (κ2) is 4.32. The van der Waals surface area contributed by atoms with Gasteiger partial charge in [-0.05, 0) is 17.7 Å². The molecule has 82 valence electrons. The van der Waals surface area contributed by atoms with Crippen molar-refractivity contribution in [2.45, 2.75) is 6.42 Å². The Morgan fingerprint density at radius 3 is 2.56 bits per heavy atom. The molecule has 0 saturated carbocycles. The van der Waals surface area contributed by atoms with E-state index in [4.69, 9.17) is 10.8 Å². The summed E-state index contributed by atoms with van der Waals surface area (Å²) < 4.78 is 0. The normalized spacial score (nSPS) is 10.2. The van der Waals surface area contributed by atoms with Crippen LogP contribution in [0.2, 0.25) is 0 Å². The smallest absolute Gasteiger partial charge is 0.335 e. The number of hydrogen-bond donors (Lipinski definition) is 2. The van der Waals surface area contributed by atoms with E-state index < -0.39 is 5.97 Å². The van der Waals surface area contributed by atoms with E-state index in [9.17, 15) is 4.79 Å². The molecule has 0 radical (unpaired) electrons. The van der Waals surface area contributed by atoms with Crippen molar-refractivity contribution in [1.82, 2.24) is 4.98 Å². The number of aromatic carboxylic acids is 1. The van der Waals surface area contributed by atoms with Crippen LogP contribution in [0.15, 0.2) is 30.5 Å². The first kappa shape index (κ1) is 10.6. The fourth-order valence-electron chi connectivity index (χ4n) is 1.37. The summed E-state index contributed by atoms with van der Waals surface area (Å²) in [6, 6.07) is 6.81. The van der Waals surface area contributed by atoms with Gasteiger partial charge >= 0.3 is 5.97 Å². The number of hydrogen-bond acceptors (Lipinski definition) is 4. The van der Waals surface area contributed by atoms with Crippen molar-refractivity contribution in [2.75, 3.05) is 5.73 Å². The van der Waals surface area contributed by atoms with Gasteiger partial charge in [0.15, 0.2) is 5.13 Å². The number of anilines is 1. The van der Waals surface area contributed by atoms with Crippen LogP contribution < -0.4 is 5.73 Å². The lowest BCUT2D eigenvalue weighted by Gasteiger charge is -1.99. The minimum Gasteiger partial charge on any atom is -0.478 e. The molecule has 0 atom stereocenters. The van der Waals surface area contributed by atoms with Gasteiger partial charge in [-0.2, -0.15) is 0 Å². The van der Waals surface area contributed by atoms with Crippen molar-refractivity contribution >= 4 is 22.4 Å². The van der Waals surface area contributed by atoms with Crippen LogP contribution in [0.5, 0.6) is 0 Å². The fourth-order valence-corrected chi connectivity index (χ4v) is 2.09. The van der Waals surface area contributed by atoms with Crippen LogP contribution in [0.1, 0.15) is 20.8 Å². The molecule has 0 fully saturated rings. The van der Waals surface area contributed by atoms with Gasteiger partial charge in [0.1, 0.15) is 0 Å². The van der Waals surface area contributed by atoms with Crippen molar-refractivity contribution in [3.05, 3.63) is 46.5 Å². The van der Waals surface area contributed by atoms with Gasteiger partial charge in [-0.25, -0.2) is 9.78 Å². The molecule has 1 aromatic carbocycles. The van der Waals surface area contributed by atoms with Crippen LogP contribution >= 0.6 is 11.3 Å². The SMILES string of the molecule is Nc1ncc(Cc2ccc(C(=O)O)cc2)s1. The molecule has 0 amide bonds. The average molecular weight is 234 g/mol. The molecule has 2 aromatic rings. The predicted octanol–water partition coefficient (Wildman–Crippen LogP) is 2.01. The quantitative estimate of drug-likeness (QED) is 0.851. The Morgan fingerprint density at radius 1 is 1.38 bits per heavy atom. The molecule has 5 heteroatoms. The average Bonchev–Trinajstić information content (AvgIpc) is 2.65. The molecular formula is C11H10N2O2S. The molecule has 0 unspecified atom stereocenters. The third-order valence-corrected chi connectivity index (χ3v) is 2.98. The Bertz CT molecular complexity index is 505. The fraction of sp³-hybridized carbons (Fsp3) is 0.0909. The Morgan fingerprint density at radius 2 is 2.06 bits per heavy atom. The van der Waals surface area contributed by atoms with Crippen LogP contribution in [-0.4, -0.2) is 16.1 Å². The summed E-state index contributed by atoms with van der Waals surface area (Å²) in [4.78, 5) is 15.7. The van der Waals surface area contributed by atoms with Gasteiger partial charge in [-0.15, -0.1) is 11.3 Å². The lowest BCUT2D eigenvalue weighted by molar-refractivity contribution is 0.0697. The van der Waals surface area contributed by atoms with Crippen molar-refractivity contribution < 1.29 is 9.90 Å². The van der Waals surface area contributed by atoms with E-state index in [-0.39, 0.29) is 0 Å². The third-order valence-electron chi connectivity index (χ3n) is 2.15. The first-order valence-corrected chi connectivity index (χ1v) is 5.49. The maximum atomic E-state index is 10.6. The van der Waals surface area contributed by atoms with E-state index in [0.29, 0.717) is 10.7 Å². The highest BCUT2D eigenvalue weighted by molar-refractivity contribution is 7.15. The van der Waals surface area contributed by atoms with E-state index in [1.165, 1.54) is 11.3 Å². The summed E-state index contributed by atoms with van der Waals surface area (Å²) in [6.45, 7) is 0. The highest BCUT2D eigenvalue weighted by Gasteiger charge is 2.03. The zero-order chi connectivity index (χ0) is 11.5. The molecule has 1 heterocycles. The summed E-state index contributed by atoms with van der Waals surface area (Å²) in [5, 5.41) is 9.30. The Kier molecular flexibility index (Phi) is 2.87. The predicted molar refractivity (Wildman–Crippen MR) is 62.7 cm³/mol. The number of carboxylic acid groups (broad SMARTS) is 1. The van der Waals surface area contributed by atoms with Crippen LogP contribution in [0.3, 0.4) is 0 Å². The highest BCUT2D eigenvalue weighted by Crippen LogP contribution is 2.18. The molecule has 0 aliphatic carbocycles. The van der Waals surface area contributed by atoms with Crippen molar-refractivity contribution in [2.24, 2.45) is 0 Å². The van der Waals surface area contributed by atoms with Crippen LogP contribution in [0.4, 0.5) is 5.13 Å². The number of rotatable bonds is 3. The van der Waals surface area contributed by atoms with Crippen LogP contribution in [-0.2, 0) is 6.42 Å². The highest BCUT2D eigenvalue weighted by atomic mass is 32.1. The molecule has 0 bridgehead atoms. The first-order valence-electron chi connectivity index (χ1n) is 4.67. The first-order chi connectivity index (χ1) is 7.65. The van der Waals surface area contributed by atoms with Crippen LogP contribution in [0.25, 0.3) is 0 Å². The van der Waals surface area contributed by atoms with Crippen molar-refractivity contribution in [1.29, 1.82) is 0 Å². The number of nitrogens with zero attached hydrogens (tertiary/aromatic N) is 1. The summed E-state index contributed by atoms with van der Waals surface area (Å²) in [6.07, 6.45) is 2.47. The standard InChI is InChI=1S/C11H10N2O2S/c12-11-13-6-9(16-11)5-7-1-3-8(4-2-7)10(14)15/h1-4,6H,5H2,(H2,12,13)(H,14,15). The van der Waals surface area contributed by atoms with Gasteiger partial charge < -0.3 is 10.8 Å². The monoisotopic (exact) mass is 234 g/mol. The largest absolute Gasteiger partial charge is 0.478 e. The number of thiazole rings is 1. The minimum atomic E-state index is -0.909. The molecule has 4 nitrogen and oxygen atoms in total. The van der Waals surface area contributed by atoms with Gasteiger partial charge in [-0.1, -0.05) is 12.1 Å². The Labute approximate surface area is 96.4 Å². The second-order valence-corrected chi connectivity index (χ2v) is 4.49. The second-order valence-electron chi connectivity index (χ2n) is 3.34. The van der Waals surface area contributed by atoms with E-state index in [2.05, 4.69) is 4.98 Å². The molecule has 1 aromatic heterocycles. The Balaban J connectivity index is 2.14. The minimum absolute atomic E-state index is 0.299. The van der Waals surface area contributed by atoms with Gasteiger partial charge in [-0.3, -0.25) is 0 Å². The van der Waals surface area contributed by atoms with E-state index in [1.54, 1.807) is 30.5 Å². The maximum absolute atomic E-state index is 10.6. The molecule has 16 heavy (non-hydrogen) atoms. The molecule has 0 saturated heterocycles. The van der Waals surface area contributed by atoms with Crippen LogP contribution in [0, 0.1) is 0 Å². The molecule has 3 N–H and O–H groups in total. The molecule has 0 aliphatic rings. The number of nitrogen functional groups attached to an aromatic ring is 1. The van der Waals surface area contributed by atoms with Gasteiger partial charge in [0.2, 0.25) is 0 Å². The summed E-state index contributed by atoms with van der Waals surface area (Å²) in [5.74, 6) is -0.909. The molecular weight excluding hydrogens is 224 g/mol.